The van der Waals surface area contributed by atoms with E-state index in [0.29, 0.717) is 16.8 Å². The quantitative estimate of drug-likeness (QED) is 0.787. The van der Waals surface area contributed by atoms with Crippen LogP contribution in [0.25, 0.3) is 0 Å². The lowest BCUT2D eigenvalue weighted by Crippen LogP contribution is -2.48. The summed E-state index contributed by atoms with van der Waals surface area (Å²) in [5.41, 5.74) is 0.577. The van der Waals surface area contributed by atoms with Crippen molar-refractivity contribution in [3.8, 4) is 0 Å². The first-order chi connectivity index (χ1) is 7.68. The van der Waals surface area contributed by atoms with Crippen molar-refractivity contribution in [1.82, 2.24) is 10.3 Å². The lowest BCUT2D eigenvalue weighted by Gasteiger charge is -2.31. The molecular weight excluding hydrogens is 226 g/mol. The summed E-state index contributed by atoms with van der Waals surface area (Å²) in [6, 6.07) is 3.50. The first-order valence-electron chi connectivity index (χ1n) is 5.30. The maximum absolute atomic E-state index is 11.9. The highest BCUT2D eigenvalue weighted by Crippen LogP contribution is 2.21. The average molecular weight is 240 g/mol. The minimum Gasteiger partial charge on any atom is -0.323 e. The van der Waals surface area contributed by atoms with E-state index in [-0.39, 0.29) is 11.8 Å². The highest BCUT2D eigenvalue weighted by molar-refractivity contribution is 6.32. The van der Waals surface area contributed by atoms with Crippen molar-refractivity contribution in [3.05, 3.63) is 23.5 Å². The molecule has 1 unspecified atom stereocenters. The fourth-order valence-electron chi connectivity index (χ4n) is 1.60. The van der Waals surface area contributed by atoms with Crippen molar-refractivity contribution in [2.45, 2.75) is 6.92 Å². The summed E-state index contributed by atoms with van der Waals surface area (Å²) in [6.45, 7) is 3.76. The van der Waals surface area contributed by atoms with Gasteiger partial charge < -0.3 is 10.6 Å². The first kappa shape index (κ1) is 11.4. The number of hydrogen-bond donors (Lipinski definition) is 2. The van der Waals surface area contributed by atoms with Crippen LogP contribution in [0.15, 0.2) is 18.3 Å². The highest BCUT2D eigenvalue weighted by atomic mass is 35.5. The number of nitrogens with zero attached hydrogens (tertiary/aromatic N) is 1. The number of carbonyl (C=O) groups excluding carboxylic acids is 1. The Morgan fingerprint density at radius 2 is 2.44 bits per heavy atom. The Labute approximate surface area is 99.4 Å². The second kappa shape index (κ2) is 4.80. The summed E-state index contributed by atoms with van der Waals surface area (Å²) >= 11 is 5.86. The molecule has 0 spiro atoms. The maximum atomic E-state index is 11.9. The van der Waals surface area contributed by atoms with E-state index in [1.807, 2.05) is 6.92 Å². The lowest BCUT2D eigenvalue weighted by atomic mass is 9.88. The molecule has 1 saturated heterocycles. The molecule has 5 heteroatoms. The Kier molecular flexibility index (Phi) is 3.41. The lowest BCUT2D eigenvalue weighted by molar-refractivity contribution is -0.121. The molecule has 0 saturated carbocycles. The van der Waals surface area contributed by atoms with Gasteiger partial charge in [-0.1, -0.05) is 18.5 Å². The van der Waals surface area contributed by atoms with Gasteiger partial charge in [0.25, 0.3) is 0 Å². The van der Waals surface area contributed by atoms with Crippen molar-refractivity contribution in [3.63, 3.8) is 0 Å². The molecule has 1 fully saturated rings. The van der Waals surface area contributed by atoms with Crippen LogP contribution in [0.2, 0.25) is 5.15 Å². The van der Waals surface area contributed by atoms with Crippen LogP contribution in [0.4, 0.5) is 5.69 Å². The van der Waals surface area contributed by atoms with Gasteiger partial charge in [0.05, 0.1) is 5.69 Å². The van der Waals surface area contributed by atoms with Gasteiger partial charge in [-0.05, 0) is 31.1 Å². The normalized spacial score (nSPS) is 17.6. The van der Waals surface area contributed by atoms with E-state index in [2.05, 4.69) is 15.6 Å². The Balaban J connectivity index is 1.99. The molecule has 86 valence electrons. The molecular formula is C11H14ClN3O. The van der Waals surface area contributed by atoms with E-state index >= 15 is 0 Å². The molecule has 4 nitrogen and oxygen atoms in total. The number of anilines is 1. The van der Waals surface area contributed by atoms with Crippen LogP contribution in [-0.4, -0.2) is 24.0 Å². The molecule has 1 aliphatic rings. The molecule has 1 aromatic heterocycles. The van der Waals surface area contributed by atoms with E-state index in [1.54, 1.807) is 18.3 Å². The van der Waals surface area contributed by atoms with E-state index in [1.165, 1.54) is 0 Å². The zero-order valence-corrected chi connectivity index (χ0v) is 9.79. The van der Waals surface area contributed by atoms with Gasteiger partial charge in [-0.15, -0.1) is 0 Å². The Bertz CT molecular complexity index is 393. The molecule has 0 aliphatic carbocycles. The van der Waals surface area contributed by atoms with Crippen LogP contribution in [0.1, 0.15) is 6.92 Å². The summed E-state index contributed by atoms with van der Waals surface area (Å²) in [5.74, 6) is 0.425. The molecule has 0 aromatic carbocycles. The average Bonchev–Trinajstić information content (AvgIpc) is 2.18. The third-order valence-corrected chi connectivity index (χ3v) is 3.25. The molecule has 2 rings (SSSR count). The number of amides is 1. The van der Waals surface area contributed by atoms with Crippen molar-refractivity contribution in [2.24, 2.45) is 11.8 Å². The summed E-state index contributed by atoms with van der Waals surface area (Å²) in [4.78, 5) is 15.8. The molecule has 2 heterocycles. The topological polar surface area (TPSA) is 54.0 Å². The molecule has 1 aromatic rings. The summed E-state index contributed by atoms with van der Waals surface area (Å²) in [6.07, 6.45) is 1.59. The zero-order chi connectivity index (χ0) is 11.5. The first-order valence-corrected chi connectivity index (χ1v) is 5.68. The number of pyridine rings is 1. The van der Waals surface area contributed by atoms with Gasteiger partial charge in [-0.25, -0.2) is 4.98 Å². The number of nitrogens with one attached hydrogen (secondary N) is 2. The van der Waals surface area contributed by atoms with Gasteiger partial charge in [-0.3, -0.25) is 4.79 Å². The van der Waals surface area contributed by atoms with E-state index in [4.69, 9.17) is 11.6 Å². The third-order valence-electron chi connectivity index (χ3n) is 2.95. The molecule has 16 heavy (non-hydrogen) atoms. The van der Waals surface area contributed by atoms with Gasteiger partial charge >= 0.3 is 0 Å². The predicted molar refractivity (Wildman–Crippen MR) is 63.4 cm³/mol. The van der Waals surface area contributed by atoms with Crippen molar-refractivity contribution in [2.75, 3.05) is 18.4 Å². The number of halogens is 1. The summed E-state index contributed by atoms with van der Waals surface area (Å²) < 4.78 is 0. The van der Waals surface area contributed by atoms with Crippen LogP contribution in [-0.2, 0) is 4.79 Å². The Hall–Kier alpha value is -1.13. The minimum atomic E-state index is -0.00229. The van der Waals surface area contributed by atoms with Gasteiger partial charge in [0.1, 0.15) is 0 Å². The molecule has 2 N–H and O–H groups in total. The van der Waals surface area contributed by atoms with Crippen molar-refractivity contribution >= 4 is 23.2 Å². The predicted octanol–water partition coefficient (Wildman–Crippen LogP) is 1.53. The van der Waals surface area contributed by atoms with E-state index in [9.17, 15) is 4.79 Å². The van der Waals surface area contributed by atoms with Gasteiger partial charge in [0, 0.05) is 12.1 Å². The summed E-state index contributed by atoms with van der Waals surface area (Å²) in [5, 5.41) is 6.28. The largest absolute Gasteiger partial charge is 0.323 e. The smallest absolute Gasteiger partial charge is 0.227 e. The Morgan fingerprint density at radius 1 is 1.69 bits per heavy atom. The van der Waals surface area contributed by atoms with Crippen LogP contribution < -0.4 is 10.6 Å². The third kappa shape index (κ3) is 2.33. The zero-order valence-electron chi connectivity index (χ0n) is 9.03. The van der Waals surface area contributed by atoms with Crippen LogP contribution in [0.3, 0.4) is 0 Å². The number of hydrogen-bond acceptors (Lipinski definition) is 3. The molecule has 1 amide bonds. The number of aromatic nitrogens is 1. The van der Waals surface area contributed by atoms with Gasteiger partial charge in [0.15, 0.2) is 5.15 Å². The standard InChI is InChI=1S/C11H14ClN3O/c1-7(8-5-13-6-8)11(16)15-9-3-2-4-14-10(9)12/h2-4,7-8,13H,5-6H2,1H3,(H,15,16). The van der Waals surface area contributed by atoms with E-state index in [0.717, 1.165) is 13.1 Å². The minimum absolute atomic E-state index is 0.00130. The second-order valence-corrected chi connectivity index (χ2v) is 4.40. The monoisotopic (exact) mass is 239 g/mol. The molecule has 0 bridgehead atoms. The second-order valence-electron chi connectivity index (χ2n) is 4.04. The Morgan fingerprint density at radius 3 is 3.00 bits per heavy atom. The maximum Gasteiger partial charge on any atom is 0.227 e. The highest BCUT2D eigenvalue weighted by Gasteiger charge is 2.28. The van der Waals surface area contributed by atoms with Crippen LogP contribution in [0, 0.1) is 11.8 Å². The van der Waals surface area contributed by atoms with Crippen LogP contribution in [0.5, 0.6) is 0 Å². The van der Waals surface area contributed by atoms with Crippen LogP contribution >= 0.6 is 11.6 Å². The van der Waals surface area contributed by atoms with Gasteiger partial charge in [0.2, 0.25) is 5.91 Å². The molecule has 1 aliphatic heterocycles. The number of rotatable bonds is 3. The number of carbonyl (C=O) groups is 1. The molecule has 0 radical (unpaired) electrons. The fraction of sp³-hybridized carbons (Fsp3) is 0.455. The SMILES string of the molecule is CC(C(=O)Nc1cccnc1Cl)C1CNC1. The van der Waals surface area contributed by atoms with Crippen molar-refractivity contribution in [1.29, 1.82) is 0 Å². The summed E-state index contributed by atoms with van der Waals surface area (Å²) in [7, 11) is 0. The fourth-order valence-corrected chi connectivity index (χ4v) is 1.77. The van der Waals surface area contributed by atoms with Gasteiger partial charge in [-0.2, -0.15) is 0 Å². The van der Waals surface area contributed by atoms with E-state index < -0.39 is 0 Å². The molecule has 1 atom stereocenters. The van der Waals surface area contributed by atoms with Crippen molar-refractivity contribution < 1.29 is 4.79 Å².